The van der Waals surface area contributed by atoms with E-state index in [2.05, 4.69) is 19.2 Å². The summed E-state index contributed by atoms with van der Waals surface area (Å²) >= 11 is 0. The second-order valence-corrected chi connectivity index (χ2v) is 5.45. The van der Waals surface area contributed by atoms with E-state index in [1.807, 2.05) is 31.2 Å². The molecule has 0 fully saturated rings. The molecule has 1 unspecified atom stereocenters. The number of carbonyl (C=O) groups is 1. The number of amides is 1. The summed E-state index contributed by atoms with van der Waals surface area (Å²) < 4.78 is 5.77. The second kappa shape index (κ2) is 7.90. The molecular weight excluding hydrogens is 252 g/mol. The van der Waals surface area contributed by atoms with Crippen molar-refractivity contribution in [3.05, 3.63) is 29.8 Å². The van der Waals surface area contributed by atoms with E-state index in [0.29, 0.717) is 18.2 Å². The van der Waals surface area contributed by atoms with Crippen LogP contribution in [0, 0.1) is 5.92 Å². The van der Waals surface area contributed by atoms with Crippen LogP contribution in [0.5, 0.6) is 5.75 Å². The summed E-state index contributed by atoms with van der Waals surface area (Å²) in [5.74, 6) is 1.01. The van der Waals surface area contributed by atoms with Crippen LogP contribution in [0.15, 0.2) is 24.3 Å². The zero-order valence-corrected chi connectivity index (χ0v) is 12.8. The van der Waals surface area contributed by atoms with Crippen molar-refractivity contribution in [2.45, 2.75) is 46.3 Å². The van der Waals surface area contributed by atoms with Crippen molar-refractivity contribution >= 4 is 5.91 Å². The largest absolute Gasteiger partial charge is 0.481 e. The Labute approximate surface area is 121 Å². The van der Waals surface area contributed by atoms with Crippen LogP contribution in [0.3, 0.4) is 0 Å². The molecule has 1 aromatic carbocycles. The molecule has 0 heterocycles. The number of carbonyl (C=O) groups excluding carboxylic acids is 1. The van der Waals surface area contributed by atoms with Crippen molar-refractivity contribution in [2.75, 3.05) is 6.54 Å². The van der Waals surface area contributed by atoms with Crippen molar-refractivity contribution in [3.63, 3.8) is 0 Å². The smallest absolute Gasteiger partial charge is 0.260 e. The highest BCUT2D eigenvalue weighted by atomic mass is 16.5. The first-order valence-electron chi connectivity index (χ1n) is 7.24. The predicted octanol–water partition coefficient (Wildman–Crippen LogP) is 2.64. The third kappa shape index (κ3) is 4.85. The van der Waals surface area contributed by atoms with E-state index in [0.717, 1.165) is 12.0 Å². The van der Waals surface area contributed by atoms with Gasteiger partial charge in [0.25, 0.3) is 5.91 Å². The van der Waals surface area contributed by atoms with Crippen LogP contribution in [0.2, 0.25) is 0 Å². The monoisotopic (exact) mass is 278 g/mol. The molecule has 2 atom stereocenters. The Kier molecular flexibility index (Phi) is 6.52. The van der Waals surface area contributed by atoms with Gasteiger partial charge < -0.3 is 15.8 Å². The summed E-state index contributed by atoms with van der Waals surface area (Å²) in [5, 5.41) is 2.87. The summed E-state index contributed by atoms with van der Waals surface area (Å²) in [6, 6.07) is 7.55. The molecule has 0 aliphatic heterocycles. The fourth-order valence-corrected chi connectivity index (χ4v) is 1.81. The maximum atomic E-state index is 11.9. The van der Waals surface area contributed by atoms with Crippen molar-refractivity contribution < 1.29 is 9.53 Å². The van der Waals surface area contributed by atoms with Gasteiger partial charge in [-0.25, -0.2) is 0 Å². The third-order valence-electron chi connectivity index (χ3n) is 3.12. The van der Waals surface area contributed by atoms with Crippen LogP contribution >= 0.6 is 0 Å². The Bertz CT molecular complexity index is 432. The summed E-state index contributed by atoms with van der Waals surface area (Å²) in [6.45, 7) is 8.55. The molecule has 4 nitrogen and oxygen atoms in total. The molecule has 0 aliphatic rings. The molecule has 20 heavy (non-hydrogen) atoms. The van der Waals surface area contributed by atoms with Crippen LogP contribution in [0.25, 0.3) is 0 Å². The first kappa shape index (κ1) is 16.5. The van der Waals surface area contributed by atoms with Gasteiger partial charge in [-0.1, -0.05) is 39.0 Å². The Morgan fingerprint density at radius 1 is 1.30 bits per heavy atom. The first-order chi connectivity index (χ1) is 9.45. The minimum atomic E-state index is -0.529. The summed E-state index contributed by atoms with van der Waals surface area (Å²) in [7, 11) is 0. The maximum Gasteiger partial charge on any atom is 0.260 e. The zero-order chi connectivity index (χ0) is 15.1. The van der Waals surface area contributed by atoms with Gasteiger partial charge >= 0.3 is 0 Å². The lowest BCUT2D eigenvalue weighted by molar-refractivity contribution is -0.127. The zero-order valence-electron chi connectivity index (χ0n) is 12.8. The number of nitrogens with one attached hydrogen (secondary N) is 1. The van der Waals surface area contributed by atoms with E-state index in [-0.39, 0.29) is 11.9 Å². The highest BCUT2D eigenvalue weighted by molar-refractivity contribution is 5.80. The molecule has 1 amide bonds. The van der Waals surface area contributed by atoms with E-state index >= 15 is 0 Å². The Hall–Kier alpha value is -1.55. The van der Waals surface area contributed by atoms with Crippen molar-refractivity contribution in [1.29, 1.82) is 0 Å². The molecular formula is C16H26N2O2. The van der Waals surface area contributed by atoms with Crippen LogP contribution in [0.4, 0.5) is 0 Å². The average Bonchev–Trinajstić information content (AvgIpc) is 2.44. The average molecular weight is 278 g/mol. The SMILES string of the molecule is CC[C@@H](N)c1ccccc1OC(C)C(=O)NCC(C)C. The minimum Gasteiger partial charge on any atom is -0.481 e. The van der Waals surface area contributed by atoms with Crippen LogP contribution in [0.1, 0.15) is 45.7 Å². The molecule has 112 valence electrons. The number of hydrogen-bond donors (Lipinski definition) is 2. The maximum absolute atomic E-state index is 11.9. The molecule has 0 radical (unpaired) electrons. The lowest BCUT2D eigenvalue weighted by atomic mass is 10.0. The molecule has 0 aromatic heterocycles. The Morgan fingerprint density at radius 3 is 2.55 bits per heavy atom. The number of ether oxygens (including phenoxy) is 1. The number of hydrogen-bond acceptors (Lipinski definition) is 3. The number of benzene rings is 1. The van der Waals surface area contributed by atoms with Gasteiger partial charge in [0.2, 0.25) is 0 Å². The molecule has 0 saturated heterocycles. The summed E-state index contributed by atoms with van der Waals surface area (Å²) in [4.78, 5) is 11.9. The highest BCUT2D eigenvalue weighted by Gasteiger charge is 2.17. The predicted molar refractivity (Wildman–Crippen MR) is 81.6 cm³/mol. The van der Waals surface area contributed by atoms with E-state index in [4.69, 9.17) is 10.5 Å². The van der Waals surface area contributed by atoms with E-state index < -0.39 is 6.10 Å². The van der Waals surface area contributed by atoms with Gasteiger partial charge in [0.1, 0.15) is 5.75 Å². The molecule has 0 aliphatic carbocycles. The topological polar surface area (TPSA) is 64.3 Å². The van der Waals surface area contributed by atoms with E-state index in [1.165, 1.54) is 0 Å². The van der Waals surface area contributed by atoms with Crippen LogP contribution in [-0.2, 0) is 4.79 Å². The number of para-hydroxylation sites is 1. The van der Waals surface area contributed by atoms with Crippen LogP contribution in [-0.4, -0.2) is 18.6 Å². The number of nitrogens with two attached hydrogens (primary N) is 1. The quantitative estimate of drug-likeness (QED) is 0.806. The van der Waals surface area contributed by atoms with Gasteiger partial charge in [-0.15, -0.1) is 0 Å². The second-order valence-electron chi connectivity index (χ2n) is 5.45. The van der Waals surface area contributed by atoms with Gasteiger partial charge in [-0.3, -0.25) is 4.79 Å². The molecule has 0 saturated carbocycles. The molecule has 4 heteroatoms. The lowest BCUT2D eigenvalue weighted by Gasteiger charge is -2.20. The lowest BCUT2D eigenvalue weighted by Crippen LogP contribution is -2.38. The minimum absolute atomic E-state index is 0.0721. The molecule has 1 aromatic rings. The van der Waals surface area contributed by atoms with Gasteiger partial charge in [-0.2, -0.15) is 0 Å². The Balaban J connectivity index is 2.70. The Morgan fingerprint density at radius 2 is 1.95 bits per heavy atom. The third-order valence-corrected chi connectivity index (χ3v) is 3.12. The summed E-state index contributed by atoms with van der Waals surface area (Å²) in [5.41, 5.74) is 7.01. The number of rotatable bonds is 7. The first-order valence-corrected chi connectivity index (χ1v) is 7.24. The van der Waals surface area contributed by atoms with Gasteiger partial charge in [0, 0.05) is 18.2 Å². The van der Waals surface area contributed by atoms with Crippen molar-refractivity contribution in [3.8, 4) is 5.75 Å². The van der Waals surface area contributed by atoms with Gasteiger partial charge in [0.05, 0.1) is 0 Å². The summed E-state index contributed by atoms with van der Waals surface area (Å²) in [6.07, 6.45) is 0.299. The van der Waals surface area contributed by atoms with Crippen LogP contribution < -0.4 is 15.8 Å². The molecule has 0 bridgehead atoms. The molecule has 3 N–H and O–H groups in total. The standard InChI is InChI=1S/C16H26N2O2/c1-5-14(17)13-8-6-7-9-15(13)20-12(4)16(19)18-10-11(2)3/h6-9,11-12,14H,5,10,17H2,1-4H3,(H,18,19)/t12?,14-/m1/s1. The molecule has 1 rings (SSSR count). The normalized spacial score (nSPS) is 13.9. The highest BCUT2D eigenvalue weighted by Crippen LogP contribution is 2.26. The fourth-order valence-electron chi connectivity index (χ4n) is 1.81. The van der Waals surface area contributed by atoms with E-state index in [9.17, 15) is 4.79 Å². The fraction of sp³-hybridized carbons (Fsp3) is 0.562. The molecule has 0 spiro atoms. The van der Waals surface area contributed by atoms with Gasteiger partial charge in [0.15, 0.2) is 6.10 Å². The van der Waals surface area contributed by atoms with E-state index in [1.54, 1.807) is 6.92 Å². The van der Waals surface area contributed by atoms with Gasteiger partial charge in [-0.05, 0) is 25.3 Å². The van der Waals surface area contributed by atoms with Crippen molar-refractivity contribution in [2.24, 2.45) is 11.7 Å². The van der Waals surface area contributed by atoms with Crippen molar-refractivity contribution in [1.82, 2.24) is 5.32 Å².